The molecule has 1 saturated heterocycles. The van der Waals surface area contributed by atoms with E-state index in [1.165, 1.54) is 27.8 Å². The fourth-order valence-corrected chi connectivity index (χ4v) is 5.06. The van der Waals surface area contributed by atoms with E-state index in [-0.39, 0.29) is 5.56 Å². The van der Waals surface area contributed by atoms with E-state index in [1.54, 1.807) is 12.1 Å². The summed E-state index contributed by atoms with van der Waals surface area (Å²) in [4.78, 5) is 15.9. The third kappa shape index (κ3) is 5.32. The summed E-state index contributed by atoms with van der Waals surface area (Å²) in [5, 5.41) is 0. The minimum atomic E-state index is -0.563. The van der Waals surface area contributed by atoms with Gasteiger partial charge >= 0.3 is 5.97 Å². The van der Waals surface area contributed by atoms with Crippen LogP contribution in [0.25, 0.3) is 0 Å². The zero-order valence-corrected chi connectivity index (χ0v) is 21.5. The highest BCUT2D eigenvalue weighted by Crippen LogP contribution is 2.40. The largest absolute Gasteiger partial charge is 0.493 e. The zero-order chi connectivity index (χ0) is 22.5. The van der Waals surface area contributed by atoms with Crippen LogP contribution in [0.15, 0.2) is 33.2 Å². The molecule has 0 atom stereocenters. The molecule has 31 heavy (non-hydrogen) atoms. The summed E-state index contributed by atoms with van der Waals surface area (Å²) in [5.74, 6) is 0.943. The molecule has 6 nitrogen and oxygen atoms in total. The van der Waals surface area contributed by atoms with E-state index in [4.69, 9.17) is 31.2 Å². The van der Waals surface area contributed by atoms with Crippen LogP contribution in [0.2, 0.25) is 0 Å². The van der Waals surface area contributed by atoms with Gasteiger partial charge in [-0.05, 0) is 75.4 Å². The minimum absolute atomic E-state index is 0.265. The van der Waals surface area contributed by atoms with Crippen LogP contribution in [-0.2, 0) is 0 Å². The molecule has 3 rings (SSSR count). The van der Waals surface area contributed by atoms with Crippen molar-refractivity contribution < 1.29 is 23.7 Å². The maximum atomic E-state index is 12.9. The van der Waals surface area contributed by atoms with E-state index in [2.05, 4.69) is 36.8 Å². The van der Waals surface area contributed by atoms with Gasteiger partial charge in [0, 0.05) is 18.7 Å². The smallest absolute Gasteiger partial charge is 0.343 e. The molecule has 0 N–H and O–H groups in total. The van der Waals surface area contributed by atoms with Gasteiger partial charge in [-0.3, -0.25) is 0 Å². The molecule has 0 amide bonds. The lowest BCUT2D eigenvalue weighted by Gasteiger charge is -2.29. The number of nitrogens with zero attached hydrogens (tertiary/aromatic N) is 1. The summed E-state index contributed by atoms with van der Waals surface area (Å²) >= 11 is 12.7. The molecule has 0 bridgehead atoms. The van der Waals surface area contributed by atoms with Crippen molar-refractivity contribution in [2.45, 2.75) is 19.3 Å². The molecule has 1 fully saturated rings. The average molecular weight is 573 g/mol. The first-order valence-corrected chi connectivity index (χ1v) is 11.7. The van der Waals surface area contributed by atoms with Crippen LogP contribution in [0.4, 0.5) is 0 Å². The van der Waals surface area contributed by atoms with Crippen LogP contribution in [0.5, 0.6) is 23.0 Å². The second-order valence-corrected chi connectivity index (χ2v) is 9.02. The Bertz CT molecular complexity index is 944. The van der Waals surface area contributed by atoms with Crippen molar-refractivity contribution in [3.8, 4) is 23.0 Å². The highest BCUT2D eigenvalue weighted by Gasteiger charge is 2.22. The molecule has 0 aromatic heterocycles. The van der Waals surface area contributed by atoms with Crippen LogP contribution in [0.3, 0.4) is 0 Å². The topological polar surface area (TPSA) is 57.2 Å². The Kier molecular flexibility index (Phi) is 8.18. The second-order valence-electron chi connectivity index (χ2n) is 6.93. The van der Waals surface area contributed by atoms with E-state index in [1.807, 2.05) is 12.1 Å². The summed E-state index contributed by atoms with van der Waals surface area (Å²) in [5.41, 5.74) is 1.16. The Hall–Kier alpha value is -1.84. The fourth-order valence-electron chi connectivity index (χ4n) is 3.41. The van der Waals surface area contributed by atoms with Crippen LogP contribution < -0.4 is 18.9 Å². The molecular weight excluding hydrogens is 550 g/mol. The molecule has 0 radical (unpaired) electrons. The van der Waals surface area contributed by atoms with Crippen molar-refractivity contribution in [1.29, 1.82) is 0 Å². The van der Waals surface area contributed by atoms with Crippen molar-refractivity contribution in [3.63, 3.8) is 0 Å². The van der Waals surface area contributed by atoms with Gasteiger partial charge in [0.1, 0.15) is 4.99 Å². The third-order valence-corrected chi connectivity index (χ3v) is 6.66. The van der Waals surface area contributed by atoms with Crippen molar-refractivity contribution in [3.05, 3.63) is 44.3 Å². The molecule has 0 unspecified atom stereocenters. The van der Waals surface area contributed by atoms with Gasteiger partial charge in [0.15, 0.2) is 17.2 Å². The number of halogens is 2. The average Bonchev–Trinajstić information content (AvgIpc) is 2.80. The van der Waals surface area contributed by atoms with Gasteiger partial charge in [-0.2, -0.15) is 0 Å². The van der Waals surface area contributed by atoms with Gasteiger partial charge in [0.2, 0.25) is 5.75 Å². The first-order valence-electron chi connectivity index (χ1n) is 9.70. The fraction of sp³-hybridized carbons (Fsp3) is 0.364. The molecule has 0 saturated carbocycles. The van der Waals surface area contributed by atoms with Gasteiger partial charge in [0.25, 0.3) is 0 Å². The monoisotopic (exact) mass is 571 g/mol. The van der Waals surface area contributed by atoms with Crippen molar-refractivity contribution in [2.24, 2.45) is 0 Å². The quantitative estimate of drug-likeness (QED) is 0.253. The number of carbonyl (C=O) groups is 1. The number of ether oxygens (including phenoxy) is 4. The van der Waals surface area contributed by atoms with Gasteiger partial charge in [-0.25, -0.2) is 4.79 Å². The number of hydrogen-bond donors (Lipinski definition) is 0. The van der Waals surface area contributed by atoms with Crippen LogP contribution in [0.1, 0.15) is 35.2 Å². The summed E-state index contributed by atoms with van der Waals surface area (Å²) in [6.45, 7) is 1.93. The predicted octanol–water partition coefficient (Wildman–Crippen LogP) is 5.62. The lowest BCUT2D eigenvalue weighted by Crippen LogP contribution is -2.34. The summed E-state index contributed by atoms with van der Waals surface area (Å²) < 4.78 is 22.9. The first-order chi connectivity index (χ1) is 14.9. The third-order valence-electron chi connectivity index (χ3n) is 4.98. The Balaban J connectivity index is 1.86. The molecule has 166 valence electrons. The molecule has 1 heterocycles. The maximum Gasteiger partial charge on any atom is 0.343 e. The molecule has 0 spiro atoms. The number of rotatable bonds is 6. The van der Waals surface area contributed by atoms with Gasteiger partial charge in [-0.1, -0.05) is 12.2 Å². The molecule has 2 aromatic carbocycles. The lowest BCUT2D eigenvalue weighted by molar-refractivity contribution is 0.0731. The number of likely N-dealkylation sites (tertiary alicyclic amines) is 1. The highest BCUT2D eigenvalue weighted by molar-refractivity contribution is 9.11. The van der Waals surface area contributed by atoms with E-state index in [9.17, 15) is 4.79 Å². The van der Waals surface area contributed by atoms with Crippen LogP contribution in [-0.4, -0.2) is 50.3 Å². The van der Waals surface area contributed by atoms with Crippen molar-refractivity contribution >= 4 is 55.0 Å². The number of benzene rings is 2. The molecule has 9 heteroatoms. The molecule has 1 aliphatic heterocycles. The van der Waals surface area contributed by atoms with Gasteiger partial charge in [0.05, 0.1) is 35.8 Å². The standard InChI is InChI=1S/C22H23Br2NO5S/c1-27-17-11-14(12-18(28-2)20(17)29-3)22(26)30-19-15(23)9-13(10-16(19)24)21(31)25-7-5-4-6-8-25/h9-12H,4-8H2,1-3H3. The summed E-state index contributed by atoms with van der Waals surface area (Å²) in [7, 11) is 4.48. The van der Waals surface area contributed by atoms with Crippen LogP contribution in [0, 0.1) is 0 Å². The minimum Gasteiger partial charge on any atom is -0.493 e. The summed E-state index contributed by atoms with van der Waals surface area (Å²) in [6.07, 6.45) is 3.53. The molecule has 0 aliphatic carbocycles. The number of methoxy groups -OCH3 is 3. The SMILES string of the molecule is COc1cc(C(=O)Oc2c(Br)cc(C(=S)N3CCCCC3)cc2Br)cc(OC)c1OC. The Labute approximate surface area is 204 Å². The Morgan fingerprint density at radius 1 is 0.839 bits per heavy atom. The van der Waals surface area contributed by atoms with Gasteiger partial charge in [-0.15, -0.1) is 0 Å². The zero-order valence-electron chi connectivity index (χ0n) is 17.5. The number of esters is 1. The van der Waals surface area contributed by atoms with Crippen LogP contribution >= 0.6 is 44.1 Å². The van der Waals surface area contributed by atoms with Gasteiger partial charge < -0.3 is 23.8 Å². The molecule has 1 aliphatic rings. The first kappa shape index (κ1) is 23.8. The number of hydrogen-bond acceptors (Lipinski definition) is 6. The number of carbonyl (C=O) groups excluding carboxylic acids is 1. The normalized spacial score (nSPS) is 13.5. The molecule has 2 aromatic rings. The second kappa shape index (κ2) is 10.7. The van der Waals surface area contributed by atoms with E-state index < -0.39 is 5.97 Å². The lowest BCUT2D eigenvalue weighted by atomic mass is 10.1. The van der Waals surface area contributed by atoms with E-state index in [0.29, 0.717) is 31.9 Å². The molecular formula is C22H23Br2NO5S. The summed E-state index contributed by atoms with van der Waals surface area (Å²) in [6, 6.07) is 6.84. The van der Waals surface area contributed by atoms with Crippen molar-refractivity contribution in [1.82, 2.24) is 4.90 Å². The van der Waals surface area contributed by atoms with Crippen molar-refractivity contribution in [2.75, 3.05) is 34.4 Å². The Morgan fingerprint density at radius 2 is 1.39 bits per heavy atom. The Morgan fingerprint density at radius 3 is 1.87 bits per heavy atom. The van der Waals surface area contributed by atoms with E-state index >= 15 is 0 Å². The number of piperidine rings is 1. The predicted molar refractivity (Wildman–Crippen MR) is 130 cm³/mol. The number of thiocarbonyl (C=S) groups is 1. The maximum absolute atomic E-state index is 12.9. The van der Waals surface area contributed by atoms with E-state index in [0.717, 1.165) is 36.5 Å². The highest BCUT2D eigenvalue weighted by atomic mass is 79.9.